The number of nitrogens with zero attached hydrogens (tertiary/aromatic N) is 2. The van der Waals surface area contributed by atoms with Crippen LogP contribution >= 0.6 is 11.6 Å². The number of fused-ring (bicyclic) bond motifs is 1. The van der Waals surface area contributed by atoms with E-state index in [9.17, 15) is 8.78 Å². The Morgan fingerprint density at radius 1 is 1.09 bits per heavy atom. The van der Waals surface area contributed by atoms with Crippen LogP contribution in [0.1, 0.15) is 18.9 Å². The Morgan fingerprint density at radius 3 is 2.57 bits per heavy atom. The van der Waals surface area contributed by atoms with Crippen LogP contribution in [0, 0.1) is 0 Å². The second kappa shape index (κ2) is 6.08. The van der Waals surface area contributed by atoms with Crippen LogP contribution in [0.15, 0.2) is 48.7 Å². The van der Waals surface area contributed by atoms with Crippen LogP contribution in [0.25, 0.3) is 10.9 Å². The Bertz CT molecular complexity index is 835. The van der Waals surface area contributed by atoms with Gasteiger partial charge in [-0.1, -0.05) is 18.5 Å². The van der Waals surface area contributed by atoms with Crippen LogP contribution in [-0.2, 0) is 5.92 Å². The van der Waals surface area contributed by atoms with Crippen molar-refractivity contribution in [3.05, 3.63) is 59.2 Å². The van der Waals surface area contributed by atoms with E-state index in [4.69, 9.17) is 11.6 Å². The molecule has 0 bridgehead atoms. The van der Waals surface area contributed by atoms with Gasteiger partial charge in [-0.2, -0.15) is 0 Å². The zero-order chi connectivity index (χ0) is 16.4. The number of pyridine rings is 2. The summed E-state index contributed by atoms with van der Waals surface area (Å²) in [5, 5.41) is 4.58. The summed E-state index contributed by atoms with van der Waals surface area (Å²) in [6.07, 6.45) is 0.933. The lowest BCUT2D eigenvalue weighted by Crippen LogP contribution is -2.11. The van der Waals surface area contributed by atoms with Gasteiger partial charge in [0.05, 0.1) is 5.52 Å². The molecule has 0 unspecified atom stereocenters. The molecule has 0 aliphatic heterocycles. The number of alkyl halides is 2. The fourth-order valence-electron chi connectivity index (χ4n) is 2.19. The predicted molar refractivity (Wildman–Crippen MR) is 88.5 cm³/mol. The van der Waals surface area contributed by atoms with Gasteiger partial charge in [0.15, 0.2) is 0 Å². The molecule has 0 aliphatic rings. The lowest BCUT2D eigenvalue weighted by atomic mass is 10.1. The first kappa shape index (κ1) is 15.6. The molecule has 0 saturated carbocycles. The average Bonchev–Trinajstić information content (AvgIpc) is 2.55. The maximum atomic E-state index is 13.6. The maximum Gasteiger partial charge on any atom is 0.274 e. The van der Waals surface area contributed by atoms with E-state index in [2.05, 4.69) is 15.3 Å². The molecule has 0 fully saturated rings. The molecule has 2 aromatic heterocycles. The molecule has 0 atom stereocenters. The smallest absolute Gasteiger partial charge is 0.274 e. The number of anilines is 2. The monoisotopic (exact) mass is 333 g/mol. The molecule has 0 radical (unpaired) electrons. The number of benzene rings is 1. The summed E-state index contributed by atoms with van der Waals surface area (Å²) in [7, 11) is 0. The van der Waals surface area contributed by atoms with Gasteiger partial charge in [0.1, 0.15) is 11.6 Å². The first-order chi connectivity index (χ1) is 11.0. The molecule has 1 N–H and O–H groups in total. The Balaban J connectivity index is 1.83. The zero-order valence-electron chi connectivity index (χ0n) is 12.4. The van der Waals surface area contributed by atoms with Crippen LogP contribution in [0.5, 0.6) is 0 Å². The summed E-state index contributed by atoms with van der Waals surface area (Å²) in [4.78, 5) is 8.47. The standard InChI is InChI=1S/C17H14ClF2N3/c1-2-17(19,20)12-4-8-15(21-10-12)23-16-7-3-11-9-13(18)5-6-14(11)22-16/h3-10H,2H2,1H3,(H,21,22,23). The third-order valence-corrected chi connectivity index (χ3v) is 3.77. The van der Waals surface area contributed by atoms with Gasteiger partial charge in [-0.25, -0.2) is 18.7 Å². The highest BCUT2D eigenvalue weighted by atomic mass is 35.5. The molecule has 3 nitrogen and oxygen atoms in total. The molecule has 1 aromatic carbocycles. The van der Waals surface area contributed by atoms with Crippen molar-refractivity contribution in [2.24, 2.45) is 0 Å². The van der Waals surface area contributed by atoms with Crippen LogP contribution in [-0.4, -0.2) is 9.97 Å². The molecule has 0 amide bonds. The van der Waals surface area contributed by atoms with Crippen molar-refractivity contribution < 1.29 is 8.78 Å². The largest absolute Gasteiger partial charge is 0.325 e. The van der Waals surface area contributed by atoms with E-state index >= 15 is 0 Å². The number of aromatic nitrogens is 2. The second-order valence-corrected chi connectivity index (χ2v) is 5.59. The second-order valence-electron chi connectivity index (χ2n) is 5.15. The van der Waals surface area contributed by atoms with Crippen molar-refractivity contribution >= 4 is 34.1 Å². The molecule has 3 rings (SSSR count). The molecule has 118 valence electrons. The number of nitrogens with one attached hydrogen (secondary N) is 1. The Kier molecular flexibility index (Phi) is 4.13. The number of hydrogen-bond acceptors (Lipinski definition) is 3. The third-order valence-electron chi connectivity index (χ3n) is 3.54. The SMILES string of the molecule is CCC(F)(F)c1ccc(Nc2ccc3cc(Cl)ccc3n2)nc1. The van der Waals surface area contributed by atoms with Crippen molar-refractivity contribution in [1.82, 2.24) is 9.97 Å². The van der Waals surface area contributed by atoms with Gasteiger partial charge in [-0.15, -0.1) is 0 Å². The zero-order valence-corrected chi connectivity index (χ0v) is 13.1. The highest BCUT2D eigenvalue weighted by Crippen LogP contribution is 2.31. The van der Waals surface area contributed by atoms with Crippen LogP contribution in [0.2, 0.25) is 5.02 Å². The van der Waals surface area contributed by atoms with E-state index in [1.165, 1.54) is 25.3 Å². The molecule has 3 aromatic rings. The lowest BCUT2D eigenvalue weighted by Gasteiger charge is -2.14. The number of halogens is 3. The molecule has 6 heteroatoms. The minimum atomic E-state index is -2.86. The molecule has 2 heterocycles. The molecular weight excluding hydrogens is 320 g/mol. The van der Waals surface area contributed by atoms with Crippen molar-refractivity contribution in [1.29, 1.82) is 0 Å². The fourth-order valence-corrected chi connectivity index (χ4v) is 2.37. The number of hydrogen-bond donors (Lipinski definition) is 1. The third kappa shape index (κ3) is 3.40. The van der Waals surface area contributed by atoms with E-state index < -0.39 is 5.92 Å². The van der Waals surface area contributed by atoms with E-state index in [0.29, 0.717) is 16.7 Å². The van der Waals surface area contributed by atoms with E-state index in [1.54, 1.807) is 12.1 Å². The summed E-state index contributed by atoms with van der Waals surface area (Å²) in [6, 6.07) is 12.0. The first-order valence-corrected chi connectivity index (χ1v) is 7.53. The van der Waals surface area contributed by atoms with Crippen LogP contribution in [0.4, 0.5) is 20.4 Å². The van der Waals surface area contributed by atoms with Crippen molar-refractivity contribution in [3.63, 3.8) is 0 Å². The van der Waals surface area contributed by atoms with Gasteiger partial charge in [0.2, 0.25) is 0 Å². The van der Waals surface area contributed by atoms with E-state index in [1.807, 2.05) is 18.2 Å². The predicted octanol–water partition coefficient (Wildman–Crippen LogP) is 5.53. The fraction of sp³-hybridized carbons (Fsp3) is 0.176. The van der Waals surface area contributed by atoms with Crippen LogP contribution in [0.3, 0.4) is 0 Å². The summed E-state index contributed by atoms with van der Waals surface area (Å²) in [5.41, 5.74) is 0.695. The summed E-state index contributed by atoms with van der Waals surface area (Å²) < 4.78 is 27.1. The first-order valence-electron chi connectivity index (χ1n) is 7.15. The summed E-state index contributed by atoms with van der Waals surface area (Å²) in [6.45, 7) is 1.44. The lowest BCUT2D eigenvalue weighted by molar-refractivity contribution is -0.00858. The van der Waals surface area contributed by atoms with Gasteiger partial charge < -0.3 is 5.32 Å². The topological polar surface area (TPSA) is 37.8 Å². The highest BCUT2D eigenvalue weighted by Gasteiger charge is 2.29. The Hall–Kier alpha value is -2.27. The van der Waals surface area contributed by atoms with Crippen molar-refractivity contribution in [3.8, 4) is 0 Å². The average molecular weight is 334 g/mol. The number of rotatable bonds is 4. The van der Waals surface area contributed by atoms with Gasteiger partial charge in [-0.05, 0) is 42.5 Å². The Labute approximate surface area is 137 Å². The Morgan fingerprint density at radius 2 is 1.87 bits per heavy atom. The molecule has 0 aliphatic carbocycles. The molecule has 0 spiro atoms. The van der Waals surface area contributed by atoms with Crippen molar-refractivity contribution in [2.75, 3.05) is 5.32 Å². The summed E-state index contributed by atoms with van der Waals surface area (Å²) in [5.74, 6) is -1.81. The van der Waals surface area contributed by atoms with Crippen LogP contribution < -0.4 is 5.32 Å². The molecule has 23 heavy (non-hydrogen) atoms. The maximum absolute atomic E-state index is 13.6. The summed E-state index contributed by atoms with van der Waals surface area (Å²) >= 11 is 5.94. The highest BCUT2D eigenvalue weighted by molar-refractivity contribution is 6.31. The van der Waals surface area contributed by atoms with Crippen molar-refractivity contribution in [2.45, 2.75) is 19.3 Å². The normalized spacial score (nSPS) is 11.7. The van der Waals surface area contributed by atoms with Gasteiger partial charge in [-0.3, -0.25) is 0 Å². The molecule has 0 saturated heterocycles. The van der Waals surface area contributed by atoms with Gasteiger partial charge >= 0.3 is 0 Å². The quantitative estimate of drug-likeness (QED) is 0.682. The minimum Gasteiger partial charge on any atom is -0.325 e. The van der Waals surface area contributed by atoms with Gasteiger partial charge in [0, 0.05) is 28.6 Å². The van der Waals surface area contributed by atoms with E-state index in [-0.39, 0.29) is 12.0 Å². The molecular formula is C17H14ClF2N3. The minimum absolute atomic E-state index is 0.0911. The van der Waals surface area contributed by atoms with E-state index in [0.717, 1.165) is 10.9 Å². The van der Waals surface area contributed by atoms with Gasteiger partial charge in [0.25, 0.3) is 5.92 Å².